The highest BCUT2D eigenvalue weighted by atomic mass is 16.5. The van der Waals surface area contributed by atoms with E-state index in [2.05, 4.69) is 18.7 Å². The van der Waals surface area contributed by atoms with Gasteiger partial charge in [0.25, 0.3) is 0 Å². The number of carbonyl (C=O) groups is 1. The molecule has 0 aromatic rings. The van der Waals surface area contributed by atoms with Gasteiger partial charge in [-0.1, -0.05) is 26.2 Å². The highest BCUT2D eigenvalue weighted by molar-refractivity contribution is 5.75. The van der Waals surface area contributed by atoms with E-state index in [-0.39, 0.29) is 12.0 Å². The summed E-state index contributed by atoms with van der Waals surface area (Å²) in [6.45, 7) is 7.79. The highest BCUT2D eigenvalue weighted by Crippen LogP contribution is 2.21. The molecular formula is C14H27NO2. The second-order valence-electron chi connectivity index (χ2n) is 4.99. The molecule has 17 heavy (non-hydrogen) atoms. The molecule has 0 N–H and O–H groups in total. The van der Waals surface area contributed by atoms with Gasteiger partial charge in [-0.3, -0.25) is 9.69 Å². The van der Waals surface area contributed by atoms with Crippen molar-refractivity contribution in [3.63, 3.8) is 0 Å². The van der Waals surface area contributed by atoms with Crippen LogP contribution in [-0.4, -0.2) is 36.1 Å². The second kappa shape index (κ2) is 7.70. The molecule has 3 heteroatoms. The summed E-state index contributed by atoms with van der Waals surface area (Å²) in [5, 5.41) is 0. The lowest BCUT2D eigenvalue weighted by molar-refractivity contribution is -0.150. The Hall–Kier alpha value is -0.570. The maximum Gasteiger partial charge on any atom is 0.323 e. The maximum absolute atomic E-state index is 12.0. The Morgan fingerprint density at radius 2 is 2.12 bits per heavy atom. The van der Waals surface area contributed by atoms with Crippen molar-refractivity contribution in [2.45, 2.75) is 71.4 Å². The van der Waals surface area contributed by atoms with Crippen LogP contribution in [0.25, 0.3) is 0 Å². The molecule has 100 valence electrons. The Bertz CT molecular complexity index is 230. The monoisotopic (exact) mass is 241 g/mol. The van der Waals surface area contributed by atoms with Gasteiger partial charge in [-0.25, -0.2) is 0 Å². The third-order valence-corrected chi connectivity index (χ3v) is 3.63. The zero-order valence-corrected chi connectivity index (χ0v) is 11.6. The van der Waals surface area contributed by atoms with E-state index >= 15 is 0 Å². The molecule has 0 radical (unpaired) electrons. The van der Waals surface area contributed by atoms with Gasteiger partial charge < -0.3 is 4.74 Å². The van der Waals surface area contributed by atoms with Gasteiger partial charge in [-0.05, 0) is 39.7 Å². The van der Waals surface area contributed by atoms with Crippen molar-refractivity contribution >= 4 is 5.97 Å². The topological polar surface area (TPSA) is 29.5 Å². The average Bonchev–Trinajstić information content (AvgIpc) is 2.51. The first kappa shape index (κ1) is 14.5. The summed E-state index contributed by atoms with van der Waals surface area (Å²) in [7, 11) is 0. The number of ether oxygens (including phenoxy) is 1. The summed E-state index contributed by atoms with van der Waals surface area (Å²) in [5.41, 5.74) is 0. The van der Waals surface area contributed by atoms with E-state index in [0.717, 1.165) is 19.4 Å². The zero-order chi connectivity index (χ0) is 12.7. The quantitative estimate of drug-likeness (QED) is 0.693. The van der Waals surface area contributed by atoms with Crippen LogP contribution in [-0.2, 0) is 9.53 Å². The van der Waals surface area contributed by atoms with Crippen LogP contribution in [0.15, 0.2) is 0 Å². The fourth-order valence-corrected chi connectivity index (χ4v) is 2.69. The number of rotatable bonds is 5. The van der Waals surface area contributed by atoms with Crippen LogP contribution in [0.3, 0.4) is 0 Å². The molecule has 1 aliphatic heterocycles. The van der Waals surface area contributed by atoms with Crippen molar-refractivity contribution in [2.24, 2.45) is 0 Å². The van der Waals surface area contributed by atoms with Gasteiger partial charge in [0.2, 0.25) is 0 Å². The van der Waals surface area contributed by atoms with Crippen LogP contribution >= 0.6 is 0 Å². The predicted molar refractivity (Wildman–Crippen MR) is 70.0 cm³/mol. The summed E-state index contributed by atoms with van der Waals surface area (Å²) < 4.78 is 5.22. The van der Waals surface area contributed by atoms with E-state index in [1.54, 1.807) is 0 Å². The minimum atomic E-state index is -0.0249. The van der Waals surface area contributed by atoms with E-state index in [1.807, 2.05) is 6.92 Å². The molecule has 1 aliphatic rings. The Morgan fingerprint density at radius 3 is 2.76 bits per heavy atom. The SMILES string of the molecule is CCCC(C(=O)OCC)N1CCCCCC1C. The second-order valence-corrected chi connectivity index (χ2v) is 4.99. The fraction of sp³-hybridized carbons (Fsp3) is 0.929. The van der Waals surface area contributed by atoms with Crippen molar-refractivity contribution in [1.82, 2.24) is 4.90 Å². The van der Waals surface area contributed by atoms with Crippen LogP contribution in [0.2, 0.25) is 0 Å². The number of esters is 1. The number of carbonyl (C=O) groups excluding carboxylic acids is 1. The molecule has 0 aromatic heterocycles. The molecule has 1 heterocycles. The van der Waals surface area contributed by atoms with E-state index in [9.17, 15) is 4.79 Å². The highest BCUT2D eigenvalue weighted by Gasteiger charge is 2.30. The predicted octanol–water partition coefficient (Wildman–Crippen LogP) is 2.98. The van der Waals surface area contributed by atoms with Gasteiger partial charge in [0.1, 0.15) is 6.04 Å². The normalized spacial score (nSPS) is 24.1. The molecule has 0 aliphatic carbocycles. The van der Waals surface area contributed by atoms with Crippen LogP contribution in [0, 0.1) is 0 Å². The van der Waals surface area contributed by atoms with Gasteiger partial charge in [0.15, 0.2) is 0 Å². The molecule has 1 rings (SSSR count). The van der Waals surface area contributed by atoms with Crippen molar-refractivity contribution in [3.8, 4) is 0 Å². The average molecular weight is 241 g/mol. The Labute approximate surface area is 106 Å². The van der Waals surface area contributed by atoms with E-state index in [4.69, 9.17) is 4.74 Å². The Kier molecular flexibility index (Phi) is 6.56. The van der Waals surface area contributed by atoms with Gasteiger partial charge in [0, 0.05) is 6.04 Å². The minimum Gasteiger partial charge on any atom is -0.465 e. The molecule has 1 fully saturated rings. The molecule has 0 bridgehead atoms. The lowest BCUT2D eigenvalue weighted by Gasteiger charge is -2.33. The molecule has 0 amide bonds. The third kappa shape index (κ3) is 4.30. The summed E-state index contributed by atoms with van der Waals surface area (Å²) in [6, 6.07) is 0.492. The van der Waals surface area contributed by atoms with Crippen LogP contribution < -0.4 is 0 Å². The minimum absolute atomic E-state index is 0.0203. The smallest absolute Gasteiger partial charge is 0.323 e. The molecule has 1 saturated heterocycles. The fourth-order valence-electron chi connectivity index (χ4n) is 2.69. The van der Waals surface area contributed by atoms with Crippen LogP contribution in [0.1, 0.15) is 59.3 Å². The number of hydrogen-bond donors (Lipinski definition) is 0. The summed E-state index contributed by atoms with van der Waals surface area (Å²) in [4.78, 5) is 14.4. The first-order valence-corrected chi connectivity index (χ1v) is 7.13. The zero-order valence-electron chi connectivity index (χ0n) is 11.6. The molecule has 2 atom stereocenters. The van der Waals surface area contributed by atoms with Crippen molar-refractivity contribution in [1.29, 1.82) is 0 Å². The van der Waals surface area contributed by atoms with Gasteiger partial charge in [-0.2, -0.15) is 0 Å². The molecule has 2 unspecified atom stereocenters. The number of nitrogens with zero attached hydrogens (tertiary/aromatic N) is 1. The number of likely N-dealkylation sites (tertiary alicyclic amines) is 1. The first-order chi connectivity index (χ1) is 8.20. The molecular weight excluding hydrogens is 214 g/mol. The van der Waals surface area contributed by atoms with Gasteiger partial charge >= 0.3 is 5.97 Å². The summed E-state index contributed by atoms with van der Waals surface area (Å²) in [5.74, 6) is -0.0249. The largest absolute Gasteiger partial charge is 0.465 e. The van der Waals surface area contributed by atoms with Crippen molar-refractivity contribution in [3.05, 3.63) is 0 Å². The maximum atomic E-state index is 12.0. The lowest BCUT2D eigenvalue weighted by Crippen LogP contribution is -2.46. The van der Waals surface area contributed by atoms with Crippen molar-refractivity contribution < 1.29 is 9.53 Å². The van der Waals surface area contributed by atoms with Gasteiger partial charge in [0.05, 0.1) is 6.61 Å². The van der Waals surface area contributed by atoms with Gasteiger partial charge in [-0.15, -0.1) is 0 Å². The van der Waals surface area contributed by atoms with E-state index in [0.29, 0.717) is 12.6 Å². The first-order valence-electron chi connectivity index (χ1n) is 7.13. The van der Waals surface area contributed by atoms with Crippen molar-refractivity contribution in [2.75, 3.05) is 13.2 Å². The Balaban J connectivity index is 2.68. The van der Waals surface area contributed by atoms with E-state index < -0.39 is 0 Å². The summed E-state index contributed by atoms with van der Waals surface area (Å²) in [6.07, 6.45) is 6.96. The lowest BCUT2D eigenvalue weighted by atomic mass is 10.1. The number of hydrogen-bond acceptors (Lipinski definition) is 3. The molecule has 0 aromatic carbocycles. The summed E-state index contributed by atoms with van der Waals surface area (Å²) >= 11 is 0. The Morgan fingerprint density at radius 1 is 1.35 bits per heavy atom. The van der Waals surface area contributed by atoms with E-state index in [1.165, 1.54) is 25.7 Å². The molecule has 0 saturated carbocycles. The molecule has 3 nitrogen and oxygen atoms in total. The van der Waals surface area contributed by atoms with Crippen LogP contribution in [0.5, 0.6) is 0 Å². The molecule has 0 spiro atoms. The van der Waals surface area contributed by atoms with Crippen LogP contribution in [0.4, 0.5) is 0 Å². The standard InChI is InChI=1S/C14H27NO2/c1-4-9-13(14(16)17-5-2)15-11-8-6-7-10-12(15)3/h12-13H,4-11H2,1-3H3. The third-order valence-electron chi connectivity index (χ3n) is 3.63.